The zero-order chi connectivity index (χ0) is 21.9. The van der Waals surface area contributed by atoms with Crippen LogP contribution in [0.15, 0.2) is 23.1 Å². The Morgan fingerprint density at radius 1 is 1.10 bits per heavy atom. The molecule has 30 heavy (non-hydrogen) atoms. The lowest BCUT2D eigenvalue weighted by atomic mass is 10.1. The minimum Gasteiger partial charge on any atom is -0.495 e. The second-order valence-electron chi connectivity index (χ2n) is 7.91. The van der Waals surface area contributed by atoms with Gasteiger partial charge in [-0.3, -0.25) is 4.79 Å². The summed E-state index contributed by atoms with van der Waals surface area (Å²) >= 11 is 0. The van der Waals surface area contributed by atoms with Crippen LogP contribution in [-0.4, -0.2) is 68.4 Å². The number of carbonyl (C=O) groups excluding carboxylic acids is 2. The van der Waals surface area contributed by atoms with Crippen molar-refractivity contribution in [3.8, 4) is 5.75 Å². The summed E-state index contributed by atoms with van der Waals surface area (Å²) in [5, 5.41) is 0. The number of ether oxygens (including phenoxy) is 2. The Bertz CT molecular complexity index is 895. The molecule has 9 heteroatoms. The normalized spacial score (nSPS) is 21.3. The van der Waals surface area contributed by atoms with Crippen LogP contribution < -0.4 is 4.74 Å². The molecule has 8 nitrogen and oxygen atoms in total. The summed E-state index contributed by atoms with van der Waals surface area (Å²) in [6.07, 6.45) is 3.53. The highest BCUT2D eigenvalue weighted by Gasteiger charge is 2.34. The van der Waals surface area contributed by atoms with Crippen molar-refractivity contribution in [2.24, 2.45) is 0 Å². The van der Waals surface area contributed by atoms with Crippen LogP contribution in [0.4, 0.5) is 0 Å². The fraction of sp³-hybridized carbons (Fsp3) is 0.619. The molecule has 0 bridgehead atoms. The summed E-state index contributed by atoms with van der Waals surface area (Å²) in [4.78, 5) is 26.7. The lowest BCUT2D eigenvalue weighted by Crippen LogP contribution is -2.42. The Labute approximate surface area is 178 Å². The number of amides is 1. The summed E-state index contributed by atoms with van der Waals surface area (Å²) in [7, 11) is -2.45. The first-order chi connectivity index (χ1) is 14.3. The fourth-order valence-corrected chi connectivity index (χ4v) is 5.92. The van der Waals surface area contributed by atoms with Crippen molar-refractivity contribution in [1.82, 2.24) is 9.21 Å². The SMILES string of the molecule is COc1ccc(C(=O)O[C@@H](C)C(=O)N2CCCC2)cc1S(=O)(=O)N1CCCC[C@H]1C. The molecule has 1 aromatic rings. The van der Waals surface area contributed by atoms with E-state index in [4.69, 9.17) is 9.47 Å². The molecule has 0 spiro atoms. The van der Waals surface area contributed by atoms with E-state index in [-0.39, 0.29) is 28.2 Å². The highest BCUT2D eigenvalue weighted by Crippen LogP contribution is 2.32. The maximum absolute atomic E-state index is 13.3. The van der Waals surface area contributed by atoms with Crippen LogP contribution in [0, 0.1) is 0 Å². The summed E-state index contributed by atoms with van der Waals surface area (Å²) in [6.45, 7) is 5.18. The molecule has 2 heterocycles. The number of nitrogens with zero attached hydrogens (tertiary/aromatic N) is 2. The average Bonchev–Trinajstić information content (AvgIpc) is 3.27. The first-order valence-electron chi connectivity index (χ1n) is 10.5. The van der Waals surface area contributed by atoms with E-state index in [1.54, 1.807) is 4.90 Å². The van der Waals surface area contributed by atoms with Crippen LogP contribution >= 0.6 is 0 Å². The lowest BCUT2D eigenvalue weighted by molar-refractivity contribution is -0.138. The fourth-order valence-electron chi connectivity index (χ4n) is 4.03. The van der Waals surface area contributed by atoms with Crippen LogP contribution in [0.2, 0.25) is 0 Å². The van der Waals surface area contributed by atoms with Crippen molar-refractivity contribution in [3.05, 3.63) is 23.8 Å². The highest BCUT2D eigenvalue weighted by molar-refractivity contribution is 7.89. The lowest BCUT2D eigenvalue weighted by Gasteiger charge is -2.32. The van der Waals surface area contributed by atoms with Gasteiger partial charge in [0.05, 0.1) is 12.7 Å². The van der Waals surface area contributed by atoms with Crippen molar-refractivity contribution in [1.29, 1.82) is 0 Å². The number of benzene rings is 1. The van der Waals surface area contributed by atoms with E-state index in [9.17, 15) is 18.0 Å². The second kappa shape index (κ2) is 9.34. The zero-order valence-corrected chi connectivity index (χ0v) is 18.6. The Morgan fingerprint density at radius 2 is 1.77 bits per heavy atom. The number of carbonyl (C=O) groups is 2. The van der Waals surface area contributed by atoms with Crippen LogP contribution in [0.25, 0.3) is 0 Å². The van der Waals surface area contributed by atoms with Crippen LogP contribution in [0.1, 0.15) is 56.3 Å². The van der Waals surface area contributed by atoms with Gasteiger partial charge in [0.25, 0.3) is 5.91 Å². The minimum absolute atomic E-state index is 0.0632. The largest absolute Gasteiger partial charge is 0.495 e. The molecule has 0 aromatic heterocycles. The number of hydrogen-bond donors (Lipinski definition) is 0. The molecular formula is C21H30N2O6S. The number of methoxy groups -OCH3 is 1. The van der Waals surface area contributed by atoms with E-state index < -0.39 is 22.1 Å². The summed E-state index contributed by atoms with van der Waals surface area (Å²) in [5.74, 6) is -0.796. The van der Waals surface area contributed by atoms with Gasteiger partial charge in [-0.15, -0.1) is 0 Å². The van der Waals surface area contributed by atoms with Crippen molar-refractivity contribution < 1.29 is 27.5 Å². The van der Waals surface area contributed by atoms with Gasteiger partial charge in [-0.25, -0.2) is 13.2 Å². The molecule has 0 aliphatic carbocycles. The van der Waals surface area contributed by atoms with Crippen molar-refractivity contribution >= 4 is 21.9 Å². The van der Waals surface area contributed by atoms with Gasteiger partial charge in [-0.05, 0) is 57.7 Å². The molecule has 2 saturated heterocycles. The van der Waals surface area contributed by atoms with Gasteiger partial charge in [0.2, 0.25) is 10.0 Å². The molecule has 0 radical (unpaired) electrons. The first-order valence-corrected chi connectivity index (χ1v) is 11.9. The molecule has 2 fully saturated rings. The first kappa shape index (κ1) is 22.6. The van der Waals surface area contributed by atoms with E-state index in [0.717, 1.165) is 32.1 Å². The van der Waals surface area contributed by atoms with Crippen molar-refractivity contribution in [3.63, 3.8) is 0 Å². The Balaban J connectivity index is 1.83. The Morgan fingerprint density at radius 3 is 2.40 bits per heavy atom. The van der Waals surface area contributed by atoms with Gasteiger partial charge in [0, 0.05) is 25.7 Å². The summed E-state index contributed by atoms with van der Waals surface area (Å²) in [5.41, 5.74) is 0.0695. The predicted molar refractivity (Wildman–Crippen MR) is 111 cm³/mol. The van der Waals surface area contributed by atoms with E-state index in [1.165, 1.54) is 36.5 Å². The van der Waals surface area contributed by atoms with E-state index in [0.29, 0.717) is 19.6 Å². The molecule has 2 aliphatic rings. The molecule has 1 aromatic carbocycles. The summed E-state index contributed by atoms with van der Waals surface area (Å²) < 4.78 is 38.6. The summed E-state index contributed by atoms with van der Waals surface area (Å²) in [6, 6.07) is 4.06. The monoisotopic (exact) mass is 438 g/mol. The predicted octanol–water partition coefficient (Wildman–Crippen LogP) is 2.43. The van der Waals surface area contributed by atoms with Crippen molar-refractivity contribution in [2.75, 3.05) is 26.7 Å². The van der Waals surface area contributed by atoms with Gasteiger partial charge < -0.3 is 14.4 Å². The van der Waals surface area contributed by atoms with Crippen LogP contribution in [-0.2, 0) is 19.6 Å². The molecule has 166 valence electrons. The van der Waals surface area contributed by atoms with Crippen molar-refractivity contribution in [2.45, 2.75) is 63.0 Å². The average molecular weight is 439 g/mol. The zero-order valence-electron chi connectivity index (χ0n) is 17.8. The number of hydrogen-bond acceptors (Lipinski definition) is 6. The number of sulfonamides is 1. The second-order valence-corrected chi connectivity index (χ2v) is 9.77. The molecule has 2 aliphatic heterocycles. The smallest absolute Gasteiger partial charge is 0.338 e. The quantitative estimate of drug-likeness (QED) is 0.634. The molecular weight excluding hydrogens is 408 g/mol. The topological polar surface area (TPSA) is 93.2 Å². The third kappa shape index (κ3) is 4.62. The maximum Gasteiger partial charge on any atom is 0.338 e. The van der Waals surface area contributed by atoms with Crippen LogP contribution in [0.5, 0.6) is 5.75 Å². The van der Waals surface area contributed by atoms with E-state index in [2.05, 4.69) is 0 Å². The van der Waals surface area contributed by atoms with Gasteiger partial charge in [-0.2, -0.15) is 4.31 Å². The number of esters is 1. The number of piperidine rings is 1. The van der Waals surface area contributed by atoms with Crippen LogP contribution in [0.3, 0.4) is 0 Å². The molecule has 0 N–H and O–H groups in total. The number of rotatable bonds is 6. The highest BCUT2D eigenvalue weighted by atomic mass is 32.2. The minimum atomic E-state index is -3.84. The number of likely N-dealkylation sites (tertiary alicyclic amines) is 1. The molecule has 0 saturated carbocycles. The van der Waals surface area contributed by atoms with Gasteiger partial charge >= 0.3 is 5.97 Å². The standard InChI is InChI=1S/C21H30N2O6S/c1-15-8-4-5-13-23(15)30(26,27)19-14-17(9-10-18(19)28-3)21(25)29-16(2)20(24)22-11-6-7-12-22/h9-10,14-16H,4-8,11-13H2,1-3H3/t15-,16+/m1/s1. The third-order valence-corrected chi connectivity index (χ3v) is 7.81. The Hall–Kier alpha value is -2.13. The Kier molecular flexibility index (Phi) is 7.02. The van der Waals surface area contributed by atoms with E-state index >= 15 is 0 Å². The van der Waals surface area contributed by atoms with E-state index in [1.807, 2.05) is 6.92 Å². The molecule has 1 amide bonds. The molecule has 2 atom stereocenters. The maximum atomic E-state index is 13.3. The van der Waals surface area contributed by atoms with Gasteiger partial charge in [0.1, 0.15) is 10.6 Å². The third-order valence-electron chi connectivity index (χ3n) is 5.78. The van der Waals surface area contributed by atoms with Gasteiger partial charge in [-0.1, -0.05) is 6.42 Å². The molecule has 0 unspecified atom stereocenters. The molecule has 3 rings (SSSR count). The van der Waals surface area contributed by atoms with Gasteiger partial charge in [0.15, 0.2) is 6.10 Å².